The van der Waals surface area contributed by atoms with Crippen molar-refractivity contribution < 1.29 is 14.3 Å². The zero-order chi connectivity index (χ0) is 15.4. The molecule has 0 spiro atoms. The molecule has 0 unspecified atom stereocenters. The highest BCUT2D eigenvalue weighted by Gasteiger charge is 2.20. The Morgan fingerprint density at radius 1 is 1.10 bits per heavy atom. The minimum Gasteiger partial charge on any atom is -0.452 e. The third kappa shape index (κ3) is 4.09. The molecule has 0 saturated carbocycles. The molecule has 0 aromatic heterocycles. The van der Waals surface area contributed by atoms with Gasteiger partial charge in [-0.25, -0.2) is 4.79 Å². The zero-order valence-electron chi connectivity index (χ0n) is 12.0. The standard InChI is InChI=1S/C14H20N4O3/c1-17-2-4-18(5-3-17)13(19)9-21-14(20)10-6-11(15)8-12(16)7-10/h6-8H,2-5,9,15-16H2,1H3. The number of ether oxygens (including phenoxy) is 1. The Morgan fingerprint density at radius 2 is 1.67 bits per heavy atom. The Morgan fingerprint density at radius 3 is 2.24 bits per heavy atom. The van der Waals surface area contributed by atoms with E-state index in [1.54, 1.807) is 11.0 Å². The van der Waals surface area contributed by atoms with Gasteiger partial charge in [0.15, 0.2) is 6.61 Å². The first kappa shape index (κ1) is 15.1. The maximum Gasteiger partial charge on any atom is 0.338 e. The van der Waals surface area contributed by atoms with Crippen LogP contribution in [0.3, 0.4) is 0 Å². The van der Waals surface area contributed by atoms with Gasteiger partial charge in [-0.05, 0) is 25.2 Å². The predicted molar refractivity (Wildman–Crippen MR) is 79.6 cm³/mol. The minimum absolute atomic E-state index is 0.187. The first-order valence-electron chi connectivity index (χ1n) is 6.75. The van der Waals surface area contributed by atoms with Gasteiger partial charge in [-0.2, -0.15) is 0 Å². The Bertz CT molecular complexity index is 519. The number of anilines is 2. The van der Waals surface area contributed by atoms with Crippen LogP contribution < -0.4 is 11.5 Å². The van der Waals surface area contributed by atoms with Gasteiger partial charge in [-0.1, -0.05) is 0 Å². The Hall–Kier alpha value is -2.28. The second kappa shape index (κ2) is 6.45. The van der Waals surface area contributed by atoms with Crippen LogP contribution >= 0.6 is 0 Å². The van der Waals surface area contributed by atoms with E-state index in [4.69, 9.17) is 16.2 Å². The van der Waals surface area contributed by atoms with Crippen molar-refractivity contribution in [3.8, 4) is 0 Å². The van der Waals surface area contributed by atoms with E-state index < -0.39 is 5.97 Å². The highest BCUT2D eigenvalue weighted by Crippen LogP contribution is 2.14. The topological polar surface area (TPSA) is 102 Å². The summed E-state index contributed by atoms with van der Waals surface area (Å²) in [5.41, 5.74) is 12.2. The smallest absolute Gasteiger partial charge is 0.338 e. The van der Waals surface area contributed by atoms with Crippen LogP contribution in [0.1, 0.15) is 10.4 Å². The summed E-state index contributed by atoms with van der Waals surface area (Å²) in [4.78, 5) is 27.7. The molecular formula is C14H20N4O3. The fourth-order valence-corrected chi connectivity index (χ4v) is 2.15. The maximum absolute atomic E-state index is 12.0. The lowest BCUT2D eigenvalue weighted by Crippen LogP contribution is -2.48. The lowest BCUT2D eigenvalue weighted by Gasteiger charge is -2.32. The summed E-state index contributed by atoms with van der Waals surface area (Å²) in [7, 11) is 2.01. The molecule has 1 aromatic carbocycles. The molecule has 114 valence electrons. The predicted octanol–water partition coefficient (Wildman–Crippen LogP) is -0.218. The molecule has 2 rings (SSSR count). The van der Waals surface area contributed by atoms with Gasteiger partial charge in [0, 0.05) is 37.6 Å². The number of nitrogens with zero attached hydrogens (tertiary/aromatic N) is 2. The van der Waals surface area contributed by atoms with E-state index in [0.29, 0.717) is 24.5 Å². The Labute approximate surface area is 123 Å². The van der Waals surface area contributed by atoms with Crippen molar-refractivity contribution in [1.29, 1.82) is 0 Å². The van der Waals surface area contributed by atoms with Gasteiger partial charge >= 0.3 is 5.97 Å². The highest BCUT2D eigenvalue weighted by molar-refractivity contribution is 5.93. The van der Waals surface area contributed by atoms with E-state index in [1.165, 1.54) is 12.1 Å². The number of amides is 1. The SMILES string of the molecule is CN1CCN(C(=O)COC(=O)c2cc(N)cc(N)c2)CC1. The molecule has 1 aromatic rings. The summed E-state index contributed by atoms with van der Waals surface area (Å²) in [6, 6.07) is 4.49. The second-order valence-electron chi connectivity index (χ2n) is 5.15. The van der Waals surface area contributed by atoms with Crippen molar-refractivity contribution in [1.82, 2.24) is 9.80 Å². The van der Waals surface area contributed by atoms with Crippen LogP contribution in [0.4, 0.5) is 11.4 Å². The van der Waals surface area contributed by atoms with Crippen LogP contribution in [0.5, 0.6) is 0 Å². The molecule has 0 bridgehead atoms. The molecule has 1 aliphatic rings. The van der Waals surface area contributed by atoms with Crippen LogP contribution in [0.2, 0.25) is 0 Å². The molecule has 4 N–H and O–H groups in total. The zero-order valence-corrected chi connectivity index (χ0v) is 12.0. The van der Waals surface area contributed by atoms with E-state index in [9.17, 15) is 9.59 Å². The molecule has 0 radical (unpaired) electrons. The average molecular weight is 292 g/mol. The van der Waals surface area contributed by atoms with Gasteiger partial charge in [-0.15, -0.1) is 0 Å². The van der Waals surface area contributed by atoms with Crippen molar-refractivity contribution >= 4 is 23.3 Å². The number of benzene rings is 1. The molecule has 1 amide bonds. The molecular weight excluding hydrogens is 272 g/mol. The minimum atomic E-state index is -0.600. The van der Waals surface area contributed by atoms with Crippen molar-refractivity contribution in [3.05, 3.63) is 23.8 Å². The highest BCUT2D eigenvalue weighted by atomic mass is 16.5. The maximum atomic E-state index is 12.0. The van der Waals surface area contributed by atoms with Crippen molar-refractivity contribution in [2.75, 3.05) is 51.3 Å². The molecule has 7 nitrogen and oxygen atoms in total. The normalized spacial score (nSPS) is 15.8. The summed E-state index contributed by atoms with van der Waals surface area (Å²) in [6.45, 7) is 2.68. The first-order valence-corrected chi connectivity index (χ1v) is 6.75. The number of carbonyl (C=O) groups excluding carboxylic acids is 2. The Balaban J connectivity index is 1.87. The van der Waals surface area contributed by atoms with Crippen LogP contribution in [0, 0.1) is 0 Å². The van der Waals surface area contributed by atoms with Gasteiger partial charge in [0.1, 0.15) is 0 Å². The van der Waals surface area contributed by atoms with E-state index in [-0.39, 0.29) is 18.1 Å². The third-order valence-electron chi connectivity index (χ3n) is 3.40. The Kier molecular flexibility index (Phi) is 4.64. The number of rotatable bonds is 3. The van der Waals surface area contributed by atoms with Crippen molar-refractivity contribution in [2.45, 2.75) is 0 Å². The summed E-state index contributed by atoms with van der Waals surface area (Å²) < 4.78 is 5.03. The molecule has 0 atom stereocenters. The number of hydrogen-bond donors (Lipinski definition) is 2. The number of nitrogens with two attached hydrogens (primary N) is 2. The second-order valence-corrected chi connectivity index (χ2v) is 5.15. The average Bonchev–Trinajstić information content (AvgIpc) is 2.44. The van der Waals surface area contributed by atoms with E-state index in [2.05, 4.69) is 4.90 Å². The molecule has 1 aliphatic heterocycles. The van der Waals surface area contributed by atoms with Crippen molar-refractivity contribution in [2.24, 2.45) is 0 Å². The molecule has 0 aliphatic carbocycles. The number of nitrogen functional groups attached to an aromatic ring is 2. The third-order valence-corrected chi connectivity index (χ3v) is 3.40. The van der Waals surface area contributed by atoms with Gasteiger partial charge in [-0.3, -0.25) is 4.79 Å². The van der Waals surface area contributed by atoms with Gasteiger partial charge in [0.25, 0.3) is 5.91 Å². The lowest BCUT2D eigenvalue weighted by atomic mass is 10.2. The van der Waals surface area contributed by atoms with Gasteiger partial charge < -0.3 is 26.0 Å². The lowest BCUT2D eigenvalue weighted by molar-refractivity contribution is -0.136. The quantitative estimate of drug-likeness (QED) is 0.590. The first-order chi connectivity index (χ1) is 9.95. The number of likely N-dealkylation sites (N-methyl/N-ethyl adjacent to an activating group) is 1. The molecule has 1 saturated heterocycles. The summed E-state index contributed by atoms with van der Waals surface area (Å²) in [5.74, 6) is -0.787. The van der Waals surface area contributed by atoms with Crippen LogP contribution in [0.15, 0.2) is 18.2 Å². The van der Waals surface area contributed by atoms with E-state index >= 15 is 0 Å². The summed E-state index contributed by atoms with van der Waals surface area (Å²) in [5, 5.41) is 0. The van der Waals surface area contributed by atoms with Gasteiger partial charge in [0.2, 0.25) is 0 Å². The monoisotopic (exact) mass is 292 g/mol. The molecule has 21 heavy (non-hydrogen) atoms. The fourth-order valence-electron chi connectivity index (χ4n) is 2.15. The molecule has 1 fully saturated rings. The number of hydrogen-bond acceptors (Lipinski definition) is 6. The number of esters is 1. The molecule has 1 heterocycles. The number of carbonyl (C=O) groups is 2. The number of piperazine rings is 1. The molecule has 7 heteroatoms. The van der Waals surface area contributed by atoms with E-state index in [0.717, 1.165) is 13.1 Å². The van der Waals surface area contributed by atoms with Crippen LogP contribution in [0.25, 0.3) is 0 Å². The van der Waals surface area contributed by atoms with Crippen LogP contribution in [-0.2, 0) is 9.53 Å². The fraction of sp³-hybridized carbons (Fsp3) is 0.429. The van der Waals surface area contributed by atoms with Crippen LogP contribution in [-0.4, -0.2) is 61.5 Å². The largest absolute Gasteiger partial charge is 0.452 e. The van der Waals surface area contributed by atoms with Gasteiger partial charge in [0.05, 0.1) is 5.56 Å². The van der Waals surface area contributed by atoms with Crippen molar-refractivity contribution in [3.63, 3.8) is 0 Å². The summed E-state index contributed by atoms with van der Waals surface area (Å²) >= 11 is 0. The summed E-state index contributed by atoms with van der Waals surface area (Å²) in [6.07, 6.45) is 0. The van der Waals surface area contributed by atoms with E-state index in [1.807, 2.05) is 7.05 Å².